The van der Waals surface area contributed by atoms with Crippen LogP contribution in [0.3, 0.4) is 0 Å². The number of nitrogens with zero attached hydrogens (tertiary/aromatic N) is 2. The Morgan fingerprint density at radius 1 is 1.06 bits per heavy atom. The van der Waals surface area contributed by atoms with E-state index >= 15 is 0 Å². The maximum absolute atomic E-state index is 6.13. The molecular weight excluding hydrogens is 503 g/mol. The van der Waals surface area contributed by atoms with E-state index in [9.17, 15) is 0 Å². The van der Waals surface area contributed by atoms with E-state index in [0.717, 1.165) is 49.7 Å². The second kappa shape index (κ2) is 13.4. The van der Waals surface area contributed by atoms with Crippen molar-refractivity contribution in [2.45, 2.75) is 38.3 Å². The molecule has 0 radical (unpaired) electrons. The molecule has 1 atom stereocenters. The molecule has 3 N–H and O–H groups in total. The number of piperidine rings is 1. The zero-order valence-corrected chi connectivity index (χ0v) is 20.9. The minimum Gasteiger partial charge on any atom is -0.493 e. The first-order chi connectivity index (χ1) is 14.7. The molecule has 1 aliphatic heterocycles. The maximum atomic E-state index is 6.13. The number of hydrogen-bond acceptors (Lipinski definition) is 4. The first kappa shape index (κ1) is 25.3. The van der Waals surface area contributed by atoms with Crippen LogP contribution in [-0.4, -0.2) is 50.8 Å². The van der Waals surface area contributed by atoms with Gasteiger partial charge in [-0.1, -0.05) is 42.8 Å². The molecule has 2 aromatic carbocycles. The molecule has 0 bridgehead atoms. The van der Waals surface area contributed by atoms with Crippen molar-refractivity contribution < 1.29 is 9.47 Å². The van der Waals surface area contributed by atoms with Gasteiger partial charge in [0.05, 0.1) is 20.8 Å². The van der Waals surface area contributed by atoms with E-state index in [-0.39, 0.29) is 24.0 Å². The first-order valence-corrected chi connectivity index (χ1v) is 10.7. The van der Waals surface area contributed by atoms with Crippen LogP contribution < -0.4 is 20.5 Å². The predicted octanol–water partition coefficient (Wildman–Crippen LogP) is 3.82. The highest BCUT2D eigenvalue weighted by Crippen LogP contribution is 2.27. The highest BCUT2D eigenvalue weighted by atomic mass is 127. The lowest BCUT2D eigenvalue weighted by molar-refractivity contribution is 0.145. The summed E-state index contributed by atoms with van der Waals surface area (Å²) in [6.07, 6.45) is 4.53. The first-order valence-electron chi connectivity index (χ1n) is 10.7. The van der Waals surface area contributed by atoms with Gasteiger partial charge in [0.25, 0.3) is 0 Å². The highest BCUT2D eigenvalue weighted by Gasteiger charge is 2.22. The molecule has 1 heterocycles. The average molecular weight is 538 g/mol. The van der Waals surface area contributed by atoms with Gasteiger partial charge in [-0.25, -0.2) is 0 Å². The molecule has 3 rings (SSSR count). The molecule has 1 saturated heterocycles. The number of guanidine groups is 1. The molecule has 0 saturated carbocycles. The number of rotatable bonds is 9. The second-order valence-electron chi connectivity index (χ2n) is 7.70. The molecule has 0 amide bonds. The summed E-state index contributed by atoms with van der Waals surface area (Å²) in [5.41, 5.74) is 8.65. The molecule has 1 aliphatic rings. The Labute approximate surface area is 203 Å². The standard InChI is InChI=1S/C24H34N4O2.HI/c1-29-22-12-11-19(16-23(22)30-2)13-14-26-24(25)27-17-21-10-6-7-15-28(21)18-20-8-4-3-5-9-20;/h3-5,8-9,11-12,16,21H,6-7,10,13-15,17-18H2,1-2H3,(H3,25,26,27);1H. The number of methoxy groups -OCH3 is 2. The van der Waals surface area contributed by atoms with E-state index < -0.39 is 0 Å². The van der Waals surface area contributed by atoms with Crippen LogP contribution in [0.1, 0.15) is 30.4 Å². The van der Waals surface area contributed by atoms with Gasteiger partial charge >= 0.3 is 0 Å². The normalized spacial score (nSPS) is 17.0. The number of benzene rings is 2. The number of ether oxygens (including phenoxy) is 2. The number of nitrogens with two attached hydrogens (primary N) is 1. The van der Waals surface area contributed by atoms with Gasteiger partial charge in [-0.3, -0.25) is 9.89 Å². The topological polar surface area (TPSA) is 72.1 Å². The Bertz CT molecular complexity index is 816. The zero-order chi connectivity index (χ0) is 21.2. The second-order valence-corrected chi connectivity index (χ2v) is 7.70. The minimum atomic E-state index is 0. The maximum Gasteiger partial charge on any atom is 0.188 e. The van der Waals surface area contributed by atoms with Crippen molar-refractivity contribution in [2.24, 2.45) is 10.7 Å². The minimum absolute atomic E-state index is 0. The Kier molecular flexibility index (Phi) is 10.9. The van der Waals surface area contributed by atoms with Crippen molar-refractivity contribution in [1.82, 2.24) is 10.2 Å². The van der Waals surface area contributed by atoms with E-state index in [4.69, 9.17) is 15.2 Å². The third kappa shape index (κ3) is 7.88. The summed E-state index contributed by atoms with van der Waals surface area (Å²) in [6, 6.07) is 17.1. The van der Waals surface area contributed by atoms with Crippen LogP contribution in [0.2, 0.25) is 0 Å². The quantitative estimate of drug-likeness (QED) is 0.289. The van der Waals surface area contributed by atoms with Gasteiger partial charge in [-0.15, -0.1) is 24.0 Å². The molecule has 170 valence electrons. The van der Waals surface area contributed by atoms with E-state index in [1.54, 1.807) is 14.2 Å². The third-order valence-corrected chi connectivity index (χ3v) is 5.62. The van der Waals surface area contributed by atoms with Crippen molar-refractivity contribution in [1.29, 1.82) is 0 Å². The van der Waals surface area contributed by atoms with Crippen molar-refractivity contribution in [3.63, 3.8) is 0 Å². The summed E-state index contributed by atoms with van der Waals surface area (Å²) in [7, 11) is 3.29. The molecule has 1 fully saturated rings. The Morgan fingerprint density at radius 2 is 1.84 bits per heavy atom. The van der Waals surface area contributed by atoms with Crippen LogP contribution >= 0.6 is 24.0 Å². The Balaban J connectivity index is 0.00000341. The number of aliphatic imine (C=N–C) groups is 1. The molecule has 0 aromatic heterocycles. The van der Waals surface area contributed by atoms with Gasteiger partial charge in [0, 0.05) is 19.1 Å². The van der Waals surface area contributed by atoms with Gasteiger partial charge in [-0.05, 0) is 49.1 Å². The summed E-state index contributed by atoms with van der Waals surface area (Å²) in [5.74, 6) is 2.00. The third-order valence-electron chi connectivity index (χ3n) is 5.62. The van der Waals surface area contributed by atoms with Crippen LogP contribution in [0.25, 0.3) is 0 Å². The van der Waals surface area contributed by atoms with E-state index in [0.29, 0.717) is 12.0 Å². The van der Waals surface area contributed by atoms with Gasteiger partial charge in [0.1, 0.15) is 0 Å². The molecule has 31 heavy (non-hydrogen) atoms. The van der Waals surface area contributed by atoms with E-state index in [2.05, 4.69) is 45.5 Å². The van der Waals surface area contributed by atoms with Crippen molar-refractivity contribution in [3.05, 3.63) is 59.7 Å². The Morgan fingerprint density at radius 3 is 2.58 bits per heavy atom. The fourth-order valence-corrected chi connectivity index (χ4v) is 3.92. The molecule has 7 heteroatoms. The molecule has 6 nitrogen and oxygen atoms in total. The van der Waals surface area contributed by atoms with Crippen molar-refractivity contribution in [2.75, 3.05) is 33.9 Å². The fraction of sp³-hybridized carbons (Fsp3) is 0.458. The average Bonchev–Trinajstić information content (AvgIpc) is 2.79. The molecule has 2 aromatic rings. The molecule has 0 spiro atoms. The van der Waals surface area contributed by atoms with Gasteiger partial charge < -0.3 is 20.5 Å². The number of halogens is 1. The lowest BCUT2D eigenvalue weighted by atomic mass is 10.0. The fourth-order valence-electron chi connectivity index (χ4n) is 3.92. The van der Waals surface area contributed by atoms with Crippen LogP contribution in [0.5, 0.6) is 11.5 Å². The van der Waals surface area contributed by atoms with Crippen LogP contribution in [0.15, 0.2) is 53.5 Å². The largest absolute Gasteiger partial charge is 0.493 e. The van der Waals surface area contributed by atoms with Crippen LogP contribution in [0.4, 0.5) is 0 Å². The zero-order valence-electron chi connectivity index (χ0n) is 18.5. The Hall–Kier alpha value is -2.00. The summed E-state index contributed by atoms with van der Waals surface area (Å²) in [6.45, 7) is 3.57. The van der Waals surface area contributed by atoms with Gasteiger partial charge in [-0.2, -0.15) is 0 Å². The molecular formula is C24H35IN4O2. The summed E-state index contributed by atoms with van der Waals surface area (Å²) in [4.78, 5) is 7.17. The lowest BCUT2D eigenvalue weighted by Crippen LogP contribution is -2.42. The monoisotopic (exact) mass is 538 g/mol. The van der Waals surface area contributed by atoms with Crippen LogP contribution in [-0.2, 0) is 13.0 Å². The highest BCUT2D eigenvalue weighted by molar-refractivity contribution is 14.0. The smallest absolute Gasteiger partial charge is 0.188 e. The number of nitrogens with one attached hydrogen (secondary N) is 1. The van der Waals surface area contributed by atoms with E-state index in [1.165, 1.54) is 24.8 Å². The van der Waals surface area contributed by atoms with Crippen molar-refractivity contribution >= 4 is 29.9 Å². The lowest BCUT2D eigenvalue weighted by Gasteiger charge is -2.35. The van der Waals surface area contributed by atoms with Gasteiger partial charge in [0.2, 0.25) is 0 Å². The van der Waals surface area contributed by atoms with E-state index in [1.807, 2.05) is 18.2 Å². The summed E-state index contributed by atoms with van der Waals surface area (Å²) < 4.78 is 10.6. The summed E-state index contributed by atoms with van der Waals surface area (Å²) in [5, 5.41) is 3.24. The number of likely N-dealkylation sites (tertiary alicyclic amines) is 1. The van der Waals surface area contributed by atoms with Crippen molar-refractivity contribution in [3.8, 4) is 11.5 Å². The number of hydrogen-bond donors (Lipinski definition) is 2. The summed E-state index contributed by atoms with van der Waals surface area (Å²) >= 11 is 0. The predicted molar refractivity (Wildman–Crippen MR) is 138 cm³/mol. The molecule has 0 aliphatic carbocycles. The van der Waals surface area contributed by atoms with Gasteiger partial charge in [0.15, 0.2) is 17.5 Å². The molecule has 1 unspecified atom stereocenters. The van der Waals surface area contributed by atoms with Crippen LogP contribution in [0, 0.1) is 0 Å². The SMILES string of the molecule is COc1ccc(CCNC(N)=NCC2CCCCN2Cc2ccccc2)cc1OC.I.